The van der Waals surface area contributed by atoms with Crippen LogP contribution < -0.4 is 5.43 Å². The van der Waals surface area contributed by atoms with Crippen molar-refractivity contribution in [1.29, 1.82) is 0 Å². The van der Waals surface area contributed by atoms with Crippen molar-refractivity contribution in [2.75, 3.05) is 0 Å². The molecule has 0 aliphatic heterocycles. The molecule has 2 heterocycles. The third-order valence-corrected chi connectivity index (χ3v) is 3.51. The monoisotopic (exact) mass is 362 g/mol. The number of nitrogens with zero attached hydrogens (tertiary/aromatic N) is 2. The number of hydrazone groups is 1. The summed E-state index contributed by atoms with van der Waals surface area (Å²) in [5, 5.41) is 11.4. The summed E-state index contributed by atoms with van der Waals surface area (Å²) in [6.45, 7) is 1.81. The number of benzene rings is 1. The first-order chi connectivity index (χ1) is 11.5. The number of aromatic amines is 1. The van der Waals surface area contributed by atoms with Crippen LogP contribution in [0.25, 0.3) is 11.3 Å². The van der Waals surface area contributed by atoms with Gasteiger partial charge in [0.25, 0.3) is 5.91 Å². The number of halogens is 2. The van der Waals surface area contributed by atoms with E-state index in [0.717, 1.165) is 11.3 Å². The van der Waals surface area contributed by atoms with E-state index in [1.165, 1.54) is 6.21 Å². The summed E-state index contributed by atoms with van der Waals surface area (Å²) >= 11 is 12.0. The van der Waals surface area contributed by atoms with E-state index in [4.69, 9.17) is 27.6 Å². The van der Waals surface area contributed by atoms with Crippen LogP contribution in [0, 0.1) is 6.92 Å². The molecular weight excluding hydrogens is 351 g/mol. The lowest BCUT2D eigenvalue weighted by Gasteiger charge is -1.99. The number of rotatable bonds is 4. The number of amides is 1. The number of nitrogens with one attached hydrogen (secondary N) is 2. The molecular formula is C16H12Cl2N4O2. The lowest BCUT2D eigenvalue weighted by atomic mass is 10.2. The number of aryl methyl sites for hydroxylation is 1. The fourth-order valence-electron chi connectivity index (χ4n) is 2.02. The van der Waals surface area contributed by atoms with E-state index in [-0.39, 0.29) is 5.69 Å². The molecule has 0 atom stereocenters. The highest BCUT2D eigenvalue weighted by Gasteiger charge is 2.08. The average molecular weight is 363 g/mol. The summed E-state index contributed by atoms with van der Waals surface area (Å²) in [5.74, 6) is 0.652. The average Bonchev–Trinajstić information content (AvgIpc) is 3.15. The molecule has 8 heteroatoms. The molecule has 0 radical (unpaired) electrons. The van der Waals surface area contributed by atoms with Gasteiger partial charge in [-0.2, -0.15) is 10.2 Å². The van der Waals surface area contributed by atoms with Gasteiger partial charge in [0, 0.05) is 21.3 Å². The molecule has 0 aliphatic rings. The van der Waals surface area contributed by atoms with Gasteiger partial charge in [0.05, 0.1) is 6.21 Å². The summed E-state index contributed by atoms with van der Waals surface area (Å²) in [7, 11) is 0. The Morgan fingerprint density at radius 3 is 2.67 bits per heavy atom. The van der Waals surface area contributed by atoms with Crippen molar-refractivity contribution in [3.05, 3.63) is 63.6 Å². The molecule has 0 spiro atoms. The van der Waals surface area contributed by atoms with E-state index < -0.39 is 5.91 Å². The van der Waals surface area contributed by atoms with Gasteiger partial charge in [0.2, 0.25) is 0 Å². The Morgan fingerprint density at radius 2 is 2.00 bits per heavy atom. The fourth-order valence-corrected chi connectivity index (χ4v) is 2.55. The number of hydrogen-bond acceptors (Lipinski definition) is 4. The second-order valence-corrected chi connectivity index (χ2v) is 5.87. The van der Waals surface area contributed by atoms with Gasteiger partial charge in [-0.25, -0.2) is 5.43 Å². The van der Waals surface area contributed by atoms with Crippen LogP contribution in [-0.2, 0) is 0 Å². The van der Waals surface area contributed by atoms with E-state index in [0.29, 0.717) is 21.6 Å². The minimum absolute atomic E-state index is 0.262. The normalized spacial score (nSPS) is 11.1. The van der Waals surface area contributed by atoms with Gasteiger partial charge >= 0.3 is 0 Å². The van der Waals surface area contributed by atoms with Gasteiger partial charge in [-0.15, -0.1) is 0 Å². The van der Waals surface area contributed by atoms with Gasteiger partial charge in [-0.1, -0.05) is 23.2 Å². The third-order valence-electron chi connectivity index (χ3n) is 3.07. The number of carbonyl (C=O) groups excluding carboxylic acids is 1. The first-order valence-electron chi connectivity index (χ1n) is 6.93. The Kier molecular flexibility index (Phi) is 4.69. The predicted molar refractivity (Wildman–Crippen MR) is 92.5 cm³/mol. The molecule has 122 valence electrons. The van der Waals surface area contributed by atoms with E-state index in [1.54, 1.807) is 43.3 Å². The minimum atomic E-state index is -0.413. The van der Waals surface area contributed by atoms with Crippen LogP contribution in [0.5, 0.6) is 0 Å². The van der Waals surface area contributed by atoms with Crippen molar-refractivity contribution in [3.63, 3.8) is 0 Å². The van der Waals surface area contributed by atoms with E-state index >= 15 is 0 Å². The number of aromatic nitrogens is 2. The molecule has 0 aliphatic carbocycles. The first-order valence-corrected chi connectivity index (χ1v) is 7.68. The molecule has 1 aromatic carbocycles. The zero-order chi connectivity index (χ0) is 17.1. The maximum atomic E-state index is 11.8. The van der Waals surface area contributed by atoms with Crippen LogP contribution in [0.3, 0.4) is 0 Å². The predicted octanol–water partition coefficient (Wildman–Crippen LogP) is 4.05. The van der Waals surface area contributed by atoms with Crippen molar-refractivity contribution >= 4 is 35.3 Å². The Bertz CT molecular complexity index is 894. The van der Waals surface area contributed by atoms with Crippen LogP contribution >= 0.6 is 23.2 Å². The second-order valence-electron chi connectivity index (χ2n) is 5.00. The Balaban J connectivity index is 1.68. The third kappa shape index (κ3) is 3.84. The summed E-state index contributed by atoms with van der Waals surface area (Å²) in [6.07, 6.45) is 1.40. The van der Waals surface area contributed by atoms with Crippen LogP contribution in [-0.4, -0.2) is 22.3 Å². The Morgan fingerprint density at radius 1 is 1.25 bits per heavy atom. The van der Waals surface area contributed by atoms with Crippen molar-refractivity contribution in [3.8, 4) is 11.3 Å². The SMILES string of the molecule is Cc1cc(C(=O)NN=Cc2ccc(-c3cc(Cl)cc(Cl)c3)o2)n[nH]1. The van der Waals surface area contributed by atoms with E-state index in [1.807, 2.05) is 0 Å². The Hall–Kier alpha value is -2.57. The Labute approximate surface area is 147 Å². The highest BCUT2D eigenvalue weighted by atomic mass is 35.5. The fraction of sp³-hybridized carbons (Fsp3) is 0.0625. The van der Waals surface area contributed by atoms with Crippen LogP contribution in [0.1, 0.15) is 21.9 Å². The number of H-pyrrole nitrogens is 1. The summed E-state index contributed by atoms with van der Waals surface area (Å²) < 4.78 is 5.63. The number of hydrogen-bond donors (Lipinski definition) is 2. The molecule has 3 rings (SSSR count). The minimum Gasteiger partial charge on any atom is -0.455 e. The van der Waals surface area contributed by atoms with Gasteiger partial charge in [0.1, 0.15) is 11.5 Å². The molecule has 0 saturated heterocycles. The van der Waals surface area contributed by atoms with Crippen molar-refractivity contribution in [2.24, 2.45) is 5.10 Å². The summed E-state index contributed by atoms with van der Waals surface area (Å²) in [4.78, 5) is 11.8. The molecule has 2 N–H and O–H groups in total. The molecule has 6 nitrogen and oxygen atoms in total. The molecule has 0 bridgehead atoms. The highest BCUT2D eigenvalue weighted by molar-refractivity contribution is 6.35. The van der Waals surface area contributed by atoms with Crippen molar-refractivity contribution in [1.82, 2.24) is 15.6 Å². The maximum absolute atomic E-state index is 11.8. The van der Waals surface area contributed by atoms with E-state index in [2.05, 4.69) is 20.7 Å². The quantitative estimate of drug-likeness (QED) is 0.542. The lowest BCUT2D eigenvalue weighted by Crippen LogP contribution is -2.17. The molecule has 3 aromatic rings. The van der Waals surface area contributed by atoms with Crippen LogP contribution in [0.2, 0.25) is 10.0 Å². The number of furan rings is 1. The molecule has 0 saturated carbocycles. The molecule has 1 amide bonds. The standard InChI is InChI=1S/C16H12Cl2N4O2/c1-9-4-14(21-20-9)16(23)22-19-8-13-2-3-15(24-13)10-5-11(17)7-12(18)6-10/h2-8H,1H3,(H,20,21)(H,22,23). The van der Waals surface area contributed by atoms with E-state index in [9.17, 15) is 4.79 Å². The summed E-state index contributed by atoms with van der Waals surface area (Å²) in [5.41, 5.74) is 4.18. The molecule has 0 unspecified atom stereocenters. The van der Waals surface area contributed by atoms with Crippen LogP contribution in [0.4, 0.5) is 0 Å². The molecule has 0 fully saturated rings. The zero-order valence-corrected chi connectivity index (χ0v) is 14.0. The van der Waals surface area contributed by atoms with Gasteiger partial charge < -0.3 is 4.42 Å². The van der Waals surface area contributed by atoms with Gasteiger partial charge in [-0.05, 0) is 43.3 Å². The first kappa shape index (κ1) is 16.3. The zero-order valence-electron chi connectivity index (χ0n) is 12.5. The highest BCUT2D eigenvalue weighted by Crippen LogP contribution is 2.28. The van der Waals surface area contributed by atoms with Crippen molar-refractivity contribution < 1.29 is 9.21 Å². The van der Waals surface area contributed by atoms with Gasteiger partial charge in [-0.3, -0.25) is 9.89 Å². The second kappa shape index (κ2) is 6.90. The van der Waals surface area contributed by atoms with Crippen molar-refractivity contribution in [2.45, 2.75) is 6.92 Å². The smallest absolute Gasteiger partial charge is 0.291 e. The molecule has 2 aromatic heterocycles. The number of carbonyl (C=O) groups is 1. The van der Waals surface area contributed by atoms with Gasteiger partial charge in [0.15, 0.2) is 5.69 Å². The molecule has 24 heavy (non-hydrogen) atoms. The topological polar surface area (TPSA) is 83.3 Å². The largest absolute Gasteiger partial charge is 0.455 e. The lowest BCUT2D eigenvalue weighted by molar-refractivity contribution is 0.0950. The maximum Gasteiger partial charge on any atom is 0.291 e. The van der Waals surface area contributed by atoms with Crippen LogP contribution in [0.15, 0.2) is 45.9 Å². The summed E-state index contributed by atoms with van der Waals surface area (Å²) in [6, 6.07) is 10.2.